The number of aromatic amines is 1. The van der Waals surface area contributed by atoms with Gasteiger partial charge in [0, 0.05) is 6.42 Å². The van der Waals surface area contributed by atoms with Gasteiger partial charge in [-0.3, -0.25) is 5.10 Å². The van der Waals surface area contributed by atoms with Gasteiger partial charge >= 0.3 is 0 Å². The number of benzene rings is 2. The first-order valence-corrected chi connectivity index (χ1v) is 7.97. The van der Waals surface area contributed by atoms with Gasteiger partial charge in [0.05, 0.1) is 13.3 Å². The molecule has 0 unspecified atom stereocenters. The Morgan fingerprint density at radius 1 is 1.17 bits per heavy atom. The average Bonchev–Trinajstić information content (AvgIpc) is 2.95. The second kappa shape index (κ2) is 7.23. The van der Waals surface area contributed by atoms with E-state index >= 15 is 0 Å². The first-order valence-electron chi connectivity index (χ1n) is 7.56. The van der Waals surface area contributed by atoms with Gasteiger partial charge in [0.25, 0.3) is 0 Å². The molecule has 5 nitrogen and oxygen atoms in total. The van der Waals surface area contributed by atoms with E-state index in [1.807, 2.05) is 48.5 Å². The number of aryl methyl sites for hydroxylation is 1. The topological polar surface area (TPSA) is 55.2 Å². The van der Waals surface area contributed by atoms with E-state index in [1.165, 1.54) is 5.56 Å². The van der Waals surface area contributed by atoms with Crippen molar-refractivity contribution in [1.29, 1.82) is 0 Å². The molecule has 0 bridgehead atoms. The fourth-order valence-corrected chi connectivity index (χ4v) is 2.46. The predicted octanol–water partition coefficient (Wildman–Crippen LogP) is 3.73. The zero-order valence-electron chi connectivity index (χ0n) is 13.6. The third-order valence-corrected chi connectivity index (χ3v) is 3.90. The summed E-state index contributed by atoms with van der Waals surface area (Å²) in [6.45, 7) is 2.06. The summed E-state index contributed by atoms with van der Waals surface area (Å²) in [5.74, 6) is 1.59. The van der Waals surface area contributed by atoms with Crippen LogP contribution < -0.4 is 4.74 Å². The van der Waals surface area contributed by atoms with Crippen LogP contribution in [0, 0.1) is 11.7 Å². The molecule has 6 heteroatoms. The maximum atomic E-state index is 5.28. The van der Waals surface area contributed by atoms with Gasteiger partial charge in [-0.15, -0.1) is 0 Å². The molecule has 0 saturated heterocycles. The Labute approximate surface area is 145 Å². The van der Waals surface area contributed by atoms with Crippen molar-refractivity contribution in [1.82, 2.24) is 14.9 Å². The minimum absolute atomic E-state index is 0.474. The van der Waals surface area contributed by atoms with Gasteiger partial charge in [-0.25, -0.2) is 0 Å². The van der Waals surface area contributed by atoms with E-state index in [9.17, 15) is 0 Å². The van der Waals surface area contributed by atoms with Gasteiger partial charge in [0.1, 0.15) is 5.75 Å². The number of rotatable bonds is 5. The number of hydrogen-bond donors (Lipinski definition) is 1. The highest BCUT2D eigenvalue weighted by atomic mass is 32.1. The molecule has 0 aliphatic heterocycles. The van der Waals surface area contributed by atoms with Crippen molar-refractivity contribution < 1.29 is 4.74 Å². The quantitative estimate of drug-likeness (QED) is 0.570. The molecule has 0 atom stereocenters. The predicted molar refractivity (Wildman–Crippen MR) is 97.4 cm³/mol. The highest BCUT2D eigenvalue weighted by Crippen LogP contribution is 2.14. The van der Waals surface area contributed by atoms with E-state index < -0.39 is 0 Å². The minimum Gasteiger partial charge on any atom is -0.497 e. The standard InChI is InChI=1S/C18H18N4OS/c1-13-3-5-15(6-4-13)12-19-22-17(20-21-18(22)24)11-14-7-9-16(23-2)10-8-14/h3-10,12H,11H2,1-2H3,(H,21,24)/b19-12-. The van der Waals surface area contributed by atoms with E-state index in [0.29, 0.717) is 11.2 Å². The van der Waals surface area contributed by atoms with Gasteiger partial charge < -0.3 is 4.74 Å². The lowest BCUT2D eigenvalue weighted by atomic mass is 10.1. The molecule has 0 spiro atoms. The summed E-state index contributed by atoms with van der Waals surface area (Å²) < 4.78 is 7.30. The van der Waals surface area contributed by atoms with Crippen molar-refractivity contribution in [2.24, 2.45) is 5.10 Å². The SMILES string of the molecule is COc1ccc(Cc2n[nH]c(=S)n2/N=C\c2ccc(C)cc2)cc1. The molecule has 0 amide bonds. The fourth-order valence-electron chi connectivity index (χ4n) is 2.26. The molecular formula is C18H18N4OS. The zero-order chi connectivity index (χ0) is 16.9. The molecule has 0 aliphatic rings. The number of nitrogens with one attached hydrogen (secondary N) is 1. The third-order valence-electron chi connectivity index (χ3n) is 3.64. The molecule has 3 rings (SSSR count). The lowest BCUT2D eigenvalue weighted by Gasteiger charge is -2.03. The van der Waals surface area contributed by atoms with Crippen molar-refractivity contribution in [3.05, 3.63) is 75.8 Å². The summed E-state index contributed by atoms with van der Waals surface area (Å²) >= 11 is 5.28. The summed E-state index contributed by atoms with van der Waals surface area (Å²) in [6.07, 6.45) is 2.41. The summed E-state index contributed by atoms with van der Waals surface area (Å²) in [4.78, 5) is 0. The molecule has 1 heterocycles. The number of methoxy groups -OCH3 is 1. The largest absolute Gasteiger partial charge is 0.497 e. The van der Waals surface area contributed by atoms with Crippen molar-refractivity contribution >= 4 is 18.4 Å². The second-order valence-electron chi connectivity index (χ2n) is 5.44. The van der Waals surface area contributed by atoms with E-state index in [0.717, 1.165) is 22.7 Å². The van der Waals surface area contributed by atoms with Crippen LogP contribution in [0.1, 0.15) is 22.5 Å². The van der Waals surface area contributed by atoms with Crippen LogP contribution in [-0.2, 0) is 6.42 Å². The Bertz CT molecular complexity index is 892. The molecule has 122 valence electrons. The van der Waals surface area contributed by atoms with Crippen LogP contribution in [0.4, 0.5) is 0 Å². The van der Waals surface area contributed by atoms with Crippen LogP contribution in [0.3, 0.4) is 0 Å². The summed E-state index contributed by atoms with van der Waals surface area (Å²) in [6, 6.07) is 16.0. The van der Waals surface area contributed by atoms with Crippen LogP contribution in [0.15, 0.2) is 53.6 Å². The van der Waals surface area contributed by atoms with Gasteiger partial charge in [-0.1, -0.05) is 42.0 Å². The molecule has 0 saturated carbocycles. The summed E-state index contributed by atoms with van der Waals surface area (Å²) in [7, 11) is 1.65. The maximum absolute atomic E-state index is 5.28. The Morgan fingerprint density at radius 2 is 1.88 bits per heavy atom. The van der Waals surface area contributed by atoms with Crippen molar-refractivity contribution in [3.8, 4) is 5.75 Å². The maximum Gasteiger partial charge on any atom is 0.216 e. The molecule has 3 aromatic rings. The van der Waals surface area contributed by atoms with Crippen LogP contribution >= 0.6 is 12.2 Å². The van der Waals surface area contributed by atoms with Crippen LogP contribution in [0.2, 0.25) is 0 Å². The number of aromatic nitrogens is 3. The Hall–Kier alpha value is -2.73. The lowest BCUT2D eigenvalue weighted by molar-refractivity contribution is 0.414. The van der Waals surface area contributed by atoms with E-state index in [1.54, 1.807) is 18.0 Å². The Kier molecular flexibility index (Phi) is 4.86. The van der Waals surface area contributed by atoms with Gasteiger partial charge in [0.15, 0.2) is 5.82 Å². The van der Waals surface area contributed by atoms with Crippen LogP contribution in [0.25, 0.3) is 0 Å². The number of ether oxygens (including phenoxy) is 1. The first-order chi connectivity index (χ1) is 11.7. The molecule has 1 aromatic heterocycles. The Balaban J connectivity index is 1.82. The monoisotopic (exact) mass is 338 g/mol. The Morgan fingerprint density at radius 3 is 2.54 bits per heavy atom. The van der Waals surface area contributed by atoms with Gasteiger partial charge in [-0.2, -0.15) is 14.9 Å². The smallest absolute Gasteiger partial charge is 0.216 e. The normalized spacial score (nSPS) is 11.1. The molecule has 0 fully saturated rings. The van der Waals surface area contributed by atoms with Gasteiger partial charge in [0.2, 0.25) is 4.77 Å². The fraction of sp³-hybridized carbons (Fsp3) is 0.167. The third kappa shape index (κ3) is 3.78. The highest BCUT2D eigenvalue weighted by Gasteiger charge is 2.06. The molecule has 1 N–H and O–H groups in total. The number of H-pyrrole nitrogens is 1. The summed E-state index contributed by atoms with van der Waals surface area (Å²) in [5, 5.41) is 11.5. The first kappa shape index (κ1) is 16.1. The zero-order valence-corrected chi connectivity index (χ0v) is 14.4. The molecule has 0 aliphatic carbocycles. The molecule has 2 aromatic carbocycles. The highest BCUT2D eigenvalue weighted by molar-refractivity contribution is 7.71. The van der Waals surface area contributed by atoms with E-state index in [-0.39, 0.29) is 0 Å². The second-order valence-corrected chi connectivity index (χ2v) is 5.82. The van der Waals surface area contributed by atoms with Crippen molar-refractivity contribution in [2.75, 3.05) is 7.11 Å². The summed E-state index contributed by atoms with van der Waals surface area (Å²) in [5.41, 5.74) is 3.34. The van der Waals surface area contributed by atoms with Crippen LogP contribution in [-0.4, -0.2) is 28.2 Å². The van der Waals surface area contributed by atoms with E-state index in [2.05, 4.69) is 22.2 Å². The average molecular weight is 338 g/mol. The van der Waals surface area contributed by atoms with E-state index in [4.69, 9.17) is 17.0 Å². The molecule has 0 radical (unpaired) electrons. The number of nitrogens with zero attached hydrogens (tertiary/aromatic N) is 3. The molecular weight excluding hydrogens is 320 g/mol. The number of hydrogen-bond acceptors (Lipinski definition) is 4. The van der Waals surface area contributed by atoms with Crippen LogP contribution in [0.5, 0.6) is 5.75 Å². The molecule has 24 heavy (non-hydrogen) atoms. The minimum atomic E-state index is 0.474. The van der Waals surface area contributed by atoms with Crippen molar-refractivity contribution in [2.45, 2.75) is 13.3 Å². The lowest BCUT2D eigenvalue weighted by Crippen LogP contribution is -2.00. The van der Waals surface area contributed by atoms with Crippen molar-refractivity contribution in [3.63, 3.8) is 0 Å². The van der Waals surface area contributed by atoms with Gasteiger partial charge in [-0.05, 0) is 42.4 Å².